The molecule has 1 unspecified atom stereocenters. The van der Waals surface area contributed by atoms with Gasteiger partial charge < -0.3 is 9.30 Å². The summed E-state index contributed by atoms with van der Waals surface area (Å²) < 4.78 is 7.81. The van der Waals surface area contributed by atoms with Crippen molar-refractivity contribution >= 4 is 40.4 Å². The lowest BCUT2D eigenvalue weighted by Crippen LogP contribution is -2.61. The molecule has 3 aromatic carbocycles. The maximum atomic E-state index is 13.8. The monoisotopic (exact) mass is 515 g/mol. The third-order valence-corrected chi connectivity index (χ3v) is 8.14. The standard InChI is InChI=1S/C29H30N4O3S/c1-21-11-10-18-33(21,27(34)20-37-28-30-23-14-6-8-16-25(23)32(28)2)29(35)31-24-15-7-9-17-26(24)36-19-22-12-4-3-5-13-22/h3-9,12-17,21H,10-11,18-20H2,1-2H3/p+1/t21-,33?/m1/s1. The first-order chi connectivity index (χ1) is 18.0. The molecule has 1 aliphatic heterocycles. The number of hydrogen-bond acceptors (Lipinski definition) is 5. The maximum Gasteiger partial charge on any atom is 0.428 e. The number of carbonyl (C=O) groups excluding carboxylic acids is 2. The van der Waals surface area contributed by atoms with Crippen LogP contribution in [0.5, 0.6) is 5.75 Å². The Morgan fingerprint density at radius 2 is 1.78 bits per heavy atom. The van der Waals surface area contributed by atoms with Crippen LogP contribution < -0.4 is 10.1 Å². The summed E-state index contributed by atoms with van der Waals surface area (Å²) in [5, 5.41) is 3.79. The molecule has 2 heterocycles. The fourth-order valence-corrected chi connectivity index (χ4v) is 5.94. The number of nitrogens with one attached hydrogen (secondary N) is 1. The van der Waals surface area contributed by atoms with Crippen molar-refractivity contribution in [2.75, 3.05) is 17.6 Å². The van der Waals surface area contributed by atoms with E-state index in [0.717, 1.165) is 34.6 Å². The molecule has 37 heavy (non-hydrogen) atoms. The van der Waals surface area contributed by atoms with Gasteiger partial charge in [-0.05, 0) is 36.8 Å². The van der Waals surface area contributed by atoms with Crippen LogP contribution in [0.3, 0.4) is 0 Å². The largest absolute Gasteiger partial charge is 0.487 e. The summed E-state index contributed by atoms with van der Waals surface area (Å²) in [5.74, 6) is 0.634. The van der Waals surface area contributed by atoms with Gasteiger partial charge >= 0.3 is 11.9 Å². The first-order valence-electron chi connectivity index (χ1n) is 12.5. The summed E-state index contributed by atoms with van der Waals surface area (Å²) in [6, 6.07) is 24.7. The fraction of sp³-hybridized carbons (Fsp3) is 0.276. The topological polar surface area (TPSA) is 73.2 Å². The van der Waals surface area contributed by atoms with Gasteiger partial charge in [-0.2, -0.15) is 4.48 Å². The van der Waals surface area contributed by atoms with Gasteiger partial charge in [-0.15, -0.1) is 0 Å². The lowest BCUT2D eigenvalue weighted by molar-refractivity contribution is -0.781. The Labute approximate surface area is 221 Å². The van der Waals surface area contributed by atoms with Crippen LogP contribution in [0.2, 0.25) is 0 Å². The summed E-state index contributed by atoms with van der Waals surface area (Å²) in [5.41, 5.74) is 3.51. The van der Waals surface area contributed by atoms with Gasteiger partial charge in [-0.25, -0.2) is 14.6 Å². The van der Waals surface area contributed by atoms with Crippen LogP contribution >= 0.6 is 11.8 Å². The number of anilines is 1. The molecular formula is C29H31N4O3S+. The number of aryl methyl sites for hydroxylation is 1. The van der Waals surface area contributed by atoms with Gasteiger partial charge in [-0.3, -0.25) is 5.32 Å². The molecule has 7 nitrogen and oxygen atoms in total. The number of fused-ring (bicyclic) bond motifs is 1. The number of imide groups is 1. The first kappa shape index (κ1) is 25.0. The van der Waals surface area contributed by atoms with Crippen molar-refractivity contribution in [2.24, 2.45) is 7.05 Å². The number of urea groups is 1. The van der Waals surface area contributed by atoms with Crippen LogP contribution in [0.1, 0.15) is 25.3 Å². The minimum atomic E-state index is -0.309. The highest BCUT2D eigenvalue weighted by Crippen LogP contribution is 2.33. The van der Waals surface area contributed by atoms with Crippen LogP contribution in [-0.2, 0) is 18.4 Å². The average molecular weight is 516 g/mol. The molecule has 190 valence electrons. The van der Waals surface area contributed by atoms with E-state index in [0.29, 0.717) is 24.6 Å². The van der Waals surface area contributed by atoms with Gasteiger partial charge in [0.2, 0.25) is 0 Å². The molecule has 0 saturated carbocycles. The fourth-order valence-electron chi connectivity index (χ4n) is 5.00. The van der Waals surface area contributed by atoms with Gasteiger partial charge in [-0.1, -0.05) is 66.4 Å². The lowest BCUT2D eigenvalue weighted by Gasteiger charge is -2.32. The Hall–Kier alpha value is -3.62. The van der Waals surface area contributed by atoms with E-state index < -0.39 is 0 Å². The number of thioether (sulfide) groups is 1. The number of carbonyl (C=O) groups is 2. The zero-order valence-electron chi connectivity index (χ0n) is 21.1. The van der Waals surface area contributed by atoms with Crippen molar-refractivity contribution in [3.8, 4) is 5.75 Å². The molecule has 4 aromatic rings. The van der Waals surface area contributed by atoms with Crippen molar-refractivity contribution in [1.29, 1.82) is 0 Å². The number of nitrogens with zero attached hydrogens (tertiary/aromatic N) is 3. The van der Waals surface area contributed by atoms with E-state index in [-0.39, 0.29) is 28.2 Å². The maximum absolute atomic E-state index is 13.8. The Kier molecular flexibility index (Phi) is 7.30. The molecule has 1 fully saturated rings. The van der Waals surface area contributed by atoms with Crippen LogP contribution in [0, 0.1) is 0 Å². The predicted molar refractivity (Wildman–Crippen MR) is 147 cm³/mol. The Bertz CT molecular complexity index is 1420. The van der Waals surface area contributed by atoms with Gasteiger partial charge in [0.05, 0.1) is 23.3 Å². The number of rotatable bonds is 7. The molecular weight excluding hydrogens is 484 g/mol. The first-order valence-corrected chi connectivity index (χ1v) is 13.5. The second-order valence-corrected chi connectivity index (χ2v) is 10.4. The van der Waals surface area contributed by atoms with E-state index in [1.807, 2.05) is 97.4 Å². The predicted octanol–water partition coefficient (Wildman–Crippen LogP) is 6.00. The summed E-state index contributed by atoms with van der Waals surface area (Å²) >= 11 is 1.38. The number of amides is 3. The summed E-state index contributed by atoms with van der Waals surface area (Å²) in [6.07, 6.45) is 1.64. The van der Waals surface area contributed by atoms with Gasteiger partial charge in [0.15, 0.2) is 5.16 Å². The highest BCUT2D eigenvalue weighted by Gasteiger charge is 2.52. The van der Waals surface area contributed by atoms with E-state index in [9.17, 15) is 9.59 Å². The lowest BCUT2D eigenvalue weighted by atomic mass is 10.2. The molecule has 1 aliphatic rings. The van der Waals surface area contributed by atoms with Crippen molar-refractivity contribution in [3.63, 3.8) is 0 Å². The number of benzene rings is 3. The molecule has 3 amide bonds. The molecule has 0 bridgehead atoms. The van der Waals surface area contributed by atoms with Gasteiger partial charge in [0, 0.05) is 19.9 Å². The number of imidazole rings is 1. The van der Waals surface area contributed by atoms with E-state index in [1.165, 1.54) is 11.8 Å². The molecule has 0 radical (unpaired) electrons. The third-order valence-electron chi connectivity index (χ3n) is 7.13. The van der Waals surface area contributed by atoms with Crippen LogP contribution in [0.25, 0.3) is 11.0 Å². The van der Waals surface area contributed by atoms with Crippen LogP contribution in [0.15, 0.2) is 84.0 Å². The smallest absolute Gasteiger partial charge is 0.428 e. The normalized spacial score (nSPS) is 19.1. The van der Waals surface area contributed by atoms with Crippen molar-refractivity contribution in [2.45, 2.75) is 37.6 Å². The minimum absolute atomic E-state index is 0.106. The highest BCUT2D eigenvalue weighted by molar-refractivity contribution is 7.99. The molecule has 1 aromatic heterocycles. The quantitative estimate of drug-likeness (QED) is 0.241. The summed E-state index contributed by atoms with van der Waals surface area (Å²) in [7, 11) is 1.95. The molecule has 8 heteroatoms. The molecule has 5 rings (SSSR count). The Morgan fingerprint density at radius 1 is 1.05 bits per heavy atom. The number of aromatic nitrogens is 2. The second kappa shape index (κ2) is 10.8. The molecule has 0 spiro atoms. The van der Waals surface area contributed by atoms with E-state index in [4.69, 9.17) is 4.74 Å². The zero-order chi connectivity index (χ0) is 25.8. The van der Waals surface area contributed by atoms with E-state index in [2.05, 4.69) is 10.3 Å². The highest BCUT2D eigenvalue weighted by atomic mass is 32.2. The number of quaternary nitrogens is 1. The van der Waals surface area contributed by atoms with Gasteiger partial charge in [0.1, 0.15) is 24.2 Å². The van der Waals surface area contributed by atoms with Crippen LogP contribution in [-0.4, -0.2) is 44.3 Å². The number of para-hydroxylation sites is 4. The minimum Gasteiger partial charge on any atom is -0.487 e. The van der Waals surface area contributed by atoms with E-state index >= 15 is 0 Å². The molecule has 1 N–H and O–H groups in total. The Morgan fingerprint density at radius 3 is 2.54 bits per heavy atom. The van der Waals surface area contributed by atoms with Crippen molar-refractivity contribution < 1.29 is 18.8 Å². The van der Waals surface area contributed by atoms with Crippen molar-refractivity contribution in [3.05, 3.63) is 84.4 Å². The zero-order valence-corrected chi connectivity index (χ0v) is 21.9. The van der Waals surface area contributed by atoms with Crippen molar-refractivity contribution in [1.82, 2.24) is 9.55 Å². The molecule has 0 aliphatic carbocycles. The van der Waals surface area contributed by atoms with E-state index in [1.54, 1.807) is 0 Å². The van der Waals surface area contributed by atoms with Gasteiger partial charge in [0.25, 0.3) is 0 Å². The number of ether oxygens (including phenoxy) is 1. The number of likely N-dealkylation sites (tertiary alicyclic amines) is 1. The van der Waals surface area contributed by atoms with Crippen LogP contribution in [0.4, 0.5) is 10.5 Å². The molecule has 1 saturated heterocycles. The summed E-state index contributed by atoms with van der Waals surface area (Å²) in [6.45, 7) is 2.86. The Balaban J connectivity index is 1.33. The molecule has 2 atom stereocenters. The third kappa shape index (κ3) is 4.99. The summed E-state index contributed by atoms with van der Waals surface area (Å²) in [4.78, 5) is 32.2. The SMILES string of the molecule is C[C@@H]1CCC[N+]1(C(=O)CSc1nc2ccccc2n1C)C(=O)Nc1ccccc1OCc1ccccc1. The number of hydrogen-bond donors (Lipinski definition) is 1. The average Bonchev–Trinajstić information content (AvgIpc) is 3.47. The second-order valence-electron chi connectivity index (χ2n) is 9.41.